The third-order valence-electron chi connectivity index (χ3n) is 2.94. The number of aliphatic carboxylic acids is 1. The molecule has 2 aromatic carbocycles. The minimum Gasteiger partial charge on any atom is -0.481 e. The molecule has 0 saturated heterocycles. The first-order valence-electron chi connectivity index (χ1n) is 5.89. The number of carboxylic acid groups (broad SMARTS) is 1. The summed E-state index contributed by atoms with van der Waals surface area (Å²) in [5.41, 5.74) is 3.09. The van der Waals surface area contributed by atoms with E-state index in [9.17, 15) is 4.79 Å². The first-order valence-corrected chi connectivity index (χ1v) is 5.89. The smallest absolute Gasteiger partial charge is 0.307 e. The molecule has 4 nitrogen and oxygen atoms in total. The zero-order chi connectivity index (χ0) is 13.2. The quantitative estimate of drug-likeness (QED) is 0.778. The van der Waals surface area contributed by atoms with Crippen LogP contribution < -0.4 is 0 Å². The van der Waals surface area contributed by atoms with E-state index in [1.165, 1.54) is 0 Å². The van der Waals surface area contributed by atoms with Crippen LogP contribution in [0.25, 0.3) is 22.2 Å². The van der Waals surface area contributed by atoms with Gasteiger partial charge in [0.15, 0.2) is 5.58 Å². The number of hydrogen-bond donors (Lipinski definition) is 1. The second-order valence-electron chi connectivity index (χ2n) is 4.30. The lowest BCUT2D eigenvalue weighted by Gasteiger charge is -1.98. The van der Waals surface area contributed by atoms with Crippen LogP contribution in [0.3, 0.4) is 0 Å². The van der Waals surface area contributed by atoms with Crippen LogP contribution in [0.2, 0.25) is 0 Å². The molecule has 1 N–H and O–H groups in total. The molecule has 3 rings (SSSR count). The molecule has 0 atom stereocenters. The maximum atomic E-state index is 10.8. The lowest BCUT2D eigenvalue weighted by molar-refractivity contribution is -0.136. The monoisotopic (exact) mass is 253 g/mol. The molecular weight excluding hydrogens is 242 g/mol. The molecule has 4 heteroatoms. The Morgan fingerprint density at radius 3 is 2.68 bits per heavy atom. The average molecular weight is 253 g/mol. The maximum Gasteiger partial charge on any atom is 0.307 e. The first kappa shape index (κ1) is 11.5. The van der Waals surface area contributed by atoms with E-state index in [1.807, 2.05) is 36.4 Å². The number of fused-ring (bicyclic) bond motifs is 1. The van der Waals surface area contributed by atoms with Gasteiger partial charge in [-0.15, -0.1) is 0 Å². The second-order valence-corrected chi connectivity index (χ2v) is 4.30. The topological polar surface area (TPSA) is 63.3 Å². The van der Waals surface area contributed by atoms with E-state index in [0.29, 0.717) is 5.58 Å². The van der Waals surface area contributed by atoms with Gasteiger partial charge in [-0.1, -0.05) is 41.6 Å². The number of rotatable bonds is 3. The fraction of sp³-hybridized carbons (Fsp3) is 0.0667. The highest BCUT2D eigenvalue weighted by Gasteiger charge is 2.11. The van der Waals surface area contributed by atoms with Gasteiger partial charge in [0.2, 0.25) is 0 Å². The number of benzene rings is 2. The molecule has 94 valence electrons. The Balaban J connectivity index is 2.13. The van der Waals surface area contributed by atoms with Crippen molar-refractivity contribution >= 4 is 16.9 Å². The molecule has 3 aromatic rings. The summed E-state index contributed by atoms with van der Waals surface area (Å²) in [6.07, 6.45) is -0.00461. The molecule has 0 fully saturated rings. The molecule has 1 aromatic heterocycles. The molecule has 0 unspecified atom stereocenters. The normalized spacial score (nSPS) is 10.7. The highest BCUT2D eigenvalue weighted by atomic mass is 16.5. The van der Waals surface area contributed by atoms with Gasteiger partial charge in [0.25, 0.3) is 0 Å². The van der Waals surface area contributed by atoms with Gasteiger partial charge in [-0.05, 0) is 17.7 Å². The van der Waals surface area contributed by atoms with Crippen molar-refractivity contribution < 1.29 is 14.4 Å². The summed E-state index contributed by atoms with van der Waals surface area (Å²) >= 11 is 0. The second kappa shape index (κ2) is 4.57. The summed E-state index contributed by atoms with van der Waals surface area (Å²) in [4.78, 5) is 10.8. The van der Waals surface area contributed by atoms with Gasteiger partial charge >= 0.3 is 5.97 Å². The Hall–Kier alpha value is -2.62. The molecule has 0 amide bonds. The van der Waals surface area contributed by atoms with Crippen molar-refractivity contribution in [2.24, 2.45) is 0 Å². The largest absolute Gasteiger partial charge is 0.481 e. The van der Waals surface area contributed by atoms with Crippen molar-refractivity contribution in [1.82, 2.24) is 5.16 Å². The van der Waals surface area contributed by atoms with Crippen LogP contribution in [-0.2, 0) is 11.2 Å². The Kier molecular flexibility index (Phi) is 2.76. The molecule has 0 spiro atoms. The van der Waals surface area contributed by atoms with Gasteiger partial charge in [0, 0.05) is 10.9 Å². The Labute approximate surface area is 109 Å². The SMILES string of the molecule is O=C(O)Cc1ccc2onc(-c3ccccc3)c2c1. The van der Waals surface area contributed by atoms with Crippen molar-refractivity contribution in [2.75, 3.05) is 0 Å². The lowest BCUT2D eigenvalue weighted by Crippen LogP contribution is -1.99. The fourth-order valence-corrected chi connectivity index (χ4v) is 2.07. The van der Waals surface area contributed by atoms with Crippen molar-refractivity contribution in [3.05, 3.63) is 54.1 Å². The number of hydrogen-bond acceptors (Lipinski definition) is 3. The lowest BCUT2D eigenvalue weighted by atomic mass is 10.0. The van der Waals surface area contributed by atoms with Gasteiger partial charge in [-0.25, -0.2) is 0 Å². The predicted molar refractivity (Wildman–Crippen MR) is 70.8 cm³/mol. The molecule has 0 radical (unpaired) electrons. The third kappa shape index (κ3) is 2.20. The van der Waals surface area contributed by atoms with Crippen LogP contribution in [0, 0.1) is 0 Å². The van der Waals surface area contributed by atoms with E-state index < -0.39 is 5.97 Å². The standard InChI is InChI=1S/C15H11NO3/c17-14(18)9-10-6-7-13-12(8-10)15(16-19-13)11-4-2-1-3-5-11/h1-8H,9H2,(H,17,18). The summed E-state index contributed by atoms with van der Waals surface area (Å²) < 4.78 is 5.27. The fourth-order valence-electron chi connectivity index (χ4n) is 2.07. The minimum absolute atomic E-state index is 0.00461. The van der Waals surface area contributed by atoms with Gasteiger partial charge in [-0.2, -0.15) is 0 Å². The summed E-state index contributed by atoms with van der Waals surface area (Å²) in [6.45, 7) is 0. The molecule has 1 heterocycles. The van der Waals surface area contributed by atoms with E-state index in [4.69, 9.17) is 9.63 Å². The molecule has 0 bridgehead atoms. The number of aromatic nitrogens is 1. The minimum atomic E-state index is -0.850. The van der Waals surface area contributed by atoms with Gasteiger partial charge in [0.05, 0.1) is 6.42 Å². The first-order chi connectivity index (χ1) is 9.24. The van der Waals surface area contributed by atoms with Crippen LogP contribution in [-0.4, -0.2) is 16.2 Å². The molecular formula is C15H11NO3. The molecule has 0 aliphatic rings. The number of carbonyl (C=O) groups is 1. The Morgan fingerprint density at radius 1 is 1.16 bits per heavy atom. The summed E-state index contributed by atoms with van der Waals surface area (Å²) in [7, 11) is 0. The average Bonchev–Trinajstić information content (AvgIpc) is 2.82. The van der Waals surface area contributed by atoms with Gasteiger partial charge in [-0.3, -0.25) is 4.79 Å². The van der Waals surface area contributed by atoms with Crippen LogP contribution in [0.4, 0.5) is 0 Å². The van der Waals surface area contributed by atoms with Crippen molar-refractivity contribution in [2.45, 2.75) is 6.42 Å². The van der Waals surface area contributed by atoms with E-state index >= 15 is 0 Å². The zero-order valence-electron chi connectivity index (χ0n) is 10.0. The highest BCUT2D eigenvalue weighted by Crippen LogP contribution is 2.28. The summed E-state index contributed by atoms with van der Waals surface area (Å²) in [5.74, 6) is -0.850. The van der Waals surface area contributed by atoms with Crippen LogP contribution in [0.15, 0.2) is 53.1 Å². The van der Waals surface area contributed by atoms with Gasteiger partial charge in [0.1, 0.15) is 5.69 Å². The Morgan fingerprint density at radius 2 is 1.95 bits per heavy atom. The van der Waals surface area contributed by atoms with Crippen molar-refractivity contribution in [1.29, 1.82) is 0 Å². The van der Waals surface area contributed by atoms with Crippen LogP contribution >= 0.6 is 0 Å². The molecule has 0 aliphatic carbocycles. The van der Waals surface area contributed by atoms with Gasteiger partial charge < -0.3 is 9.63 Å². The van der Waals surface area contributed by atoms with E-state index in [0.717, 1.165) is 22.2 Å². The van der Waals surface area contributed by atoms with Crippen molar-refractivity contribution in [3.63, 3.8) is 0 Å². The zero-order valence-corrected chi connectivity index (χ0v) is 10.0. The van der Waals surface area contributed by atoms with Crippen LogP contribution in [0.5, 0.6) is 0 Å². The summed E-state index contributed by atoms with van der Waals surface area (Å²) in [6, 6.07) is 15.0. The Bertz CT molecular complexity index is 731. The third-order valence-corrected chi connectivity index (χ3v) is 2.94. The molecule has 0 aliphatic heterocycles. The highest BCUT2D eigenvalue weighted by molar-refractivity contribution is 5.92. The predicted octanol–water partition coefficient (Wildman–Crippen LogP) is 3.12. The van der Waals surface area contributed by atoms with E-state index in [-0.39, 0.29) is 6.42 Å². The van der Waals surface area contributed by atoms with Crippen LogP contribution in [0.1, 0.15) is 5.56 Å². The number of nitrogens with zero attached hydrogens (tertiary/aromatic N) is 1. The van der Waals surface area contributed by atoms with Crippen molar-refractivity contribution in [3.8, 4) is 11.3 Å². The molecule has 0 saturated carbocycles. The van der Waals surface area contributed by atoms with E-state index in [2.05, 4.69) is 5.16 Å². The number of carboxylic acids is 1. The maximum absolute atomic E-state index is 10.8. The van der Waals surface area contributed by atoms with E-state index in [1.54, 1.807) is 12.1 Å². The summed E-state index contributed by atoms with van der Waals surface area (Å²) in [5, 5.41) is 13.7. The molecule has 19 heavy (non-hydrogen) atoms.